The molecule has 37 heteroatoms. The van der Waals surface area contributed by atoms with E-state index in [0.29, 0.717) is 5.69 Å². The first kappa shape index (κ1) is 67.9. The molecule has 1 aromatic rings. The van der Waals surface area contributed by atoms with E-state index in [0.717, 1.165) is 0 Å². The molecule has 0 spiro atoms. The minimum atomic E-state index is -2.22. The second kappa shape index (κ2) is 29.4. The van der Waals surface area contributed by atoms with Crippen molar-refractivity contribution in [1.82, 2.24) is 5.32 Å². The lowest BCUT2D eigenvalue weighted by molar-refractivity contribution is -0.396. The van der Waals surface area contributed by atoms with Crippen LogP contribution in [0.1, 0.15) is 0 Å². The molecule has 21 heterocycles. The fourth-order valence-electron chi connectivity index (χ4n) is 11.3. The standard InChI is InChI=1S/C49H76N2O34S/c52-7-15-36-23(60)30(67)44(74-15)82-38-17(9-54)76-46(32(69)25(38)62)84-40-19(11-56)78-48(34(71)27(40)64)85-41-20(12-57)77-47(33(70)26(41)63)83-39-18(10-55)75-45(31(68)24(39)61)81-37-16(8-53)73-43(29(66)22(37)59)79-35-14(72-42(80-36)28(65)21(35)58)6-50-49(86)51-13-4-2-1-3-5-13/h1-5,14-48,52-71H,6-12H2,(H2,50,51,86)/t14-,15-,16-,17-,18-,19-,20-,21-,22-,23-,24-,25-,26-,27-,28-,29-,30-,31-,32-,33-,34-,35-,36-,37-,38-,39-,40-,41-,42-,43-,44-,45-,46-,47-,48-/m1/s1. The van der Waals surface area contributed by atoms with Crippen LogP contribution in [0.25, 0.3) is 0 Å². The van der Waals surface area contributed by atoms with Gasteiger partial charge in [0.1, 0.15) is 171 Å². The van der Waals surface area contributed by atoms with Crippen LogP contribution >= 0.6 is 12.2 Å². The molecule has 21 aliphatic heterocycles. The fraction of sp³-hybridized carbons (Fsp3) is 0.857. The van der Waals surface area contributed by atoms with Gasteiger partial charge < -0.3 is 179 Å². The van der Waals surface area contributed by atoms with Crippen LogP contribution in [0.5, 0.6) is 0 Å². The minimum Gasteiger partial charge on any atom is -0.394 e. The van der Waals surface area contributed by atoms with Crippen LogP contribution in [0.2, 0.25) is 0 Å². The molecule has 0 radical (unpaired) electrons. The van der Waals surface area contributed by atoms with Crippen LogP contribution in [-0.2, 0) is 66.3 Å². The van der Waals surface area contributed by atoms with Gasteiger partial charge in [0.15, 0.2) is 49.1 Å². The Morgan fingerprint density at radius 2 is 0.488 bits per heavy atom. The van der Waals surface area contributed by atoms with Gasteiger partial charge in [-0.3, -0.25) is 0 Å². The quantitative estimate of drug-likeness (QED) is 0.102. The molecule has 14 bridgehead atoms. The number of hydrogen-bond acceptors (Lipinski definition) is 35. The largest absolute Gasteiger partial charge is 0.394 e. The van der Waals surface area contributed by atoms with Gasteiger partial charge in [0.05, 0.1) is 39.6 Å². The summed E-state index contributed by atoms with van der Waals surface area (Å²) in [6.07, 6.45) is -70.2. The highest BCUT2D eigenvalue weighted by Crippen LogP contribution is 2.39. The van der Waals surface area contributed by atoms with E-state index in [1.807, 2.05) is 0 Å². The highest BCUT2D eigenvalue weighted by Gasteiger charge is 2.59. The van der Waals surface area contributed by atoms with Gasteiger partial charge in [0.25, 0.3) is 0 Å². The number of rotatable bonds is 9. The molecular formula is C49H76N2O34S. The maximum Gasteiger partial charge on any atom is 0.187 e. The van der Waals surface area contributed by atoms with E-state index in [4.69, 9.17) is 78.5 Å². The van der Waals surface area contributed by atoms with Crippen LogP contribution in [0, 0.1) is 0 Å². The molecule has 21 aliphatic rings. The fourth-order valence-corrected chi connectivity index (χ4v) is 11.5. The van der Waals surface area contributed by atoms with E-state index in [2.05, 4.69) is 10.6 Å². The molecule has 21 fully saturated rings. The molecule has 21 saturated heterocycles. The van der Waals surface area contributed by atoms with Crippen LogP contribution in [0.3, 0.4) is 0 Å². The van der Waals surface area contributed by atoms with Gasteiger partial charge in [0, 0.05) is 12.2 Å². The van der Waals surface area contributed by atoms with Crippen LogP contribution in [-0.4, -0.2) is 368 Å². The molecule has 22 N–H and O–H groups in total. The Bertz CT molecular complexity index is 2270. The lowest BCUT2D eigenvalue weighted by Crippen LogP contribution is -2.68. The van der Waals surface area contributed by atoms with E-state index in [9.17, 15) is 102 Å². The summed E-state index contributed by atoms with van der Waals surface area (Å²) in [6, 6.07) is 8.50. The van der Waals surface area contributed by atoms with Gasteiger partial charge in [-0.05, 0) is 24.4 Å². The summed E-state index contributed by atoms with van der Waals surface area (Å²) in [5, 5.41) is 229. The van der Waals surface area contributed by atoms with Crippen molar-refractivity contribution in [2.45, 2.75) is 215 Å². The maximum absolute atomic E-state index is 11.8. The molecule has 86 heavy (non-hydrogen) atoms. The SMILES string of the molecule is OC[C@H]1O[C@@H]2O[C@H]3[C@H](O)[C@@H](O)[C@@H](O[C@H]4[C@H](O)[C@@H](O)[C@@H](O[C@H]5[C@H](O)[C@@H](O)[C@@H](O[C@H]6[C@H](O)[C@@H](O)[C@@H](O[C@H]7[C@H](O)[C@@H](O)[C@@H](O[C@H]8[C@H](O)[C@@H](O)[C@@H](O[C@H]1[C@H](O)[C@H]2O)O[C@@H]8CO)O[C@@H]7CO)O[C@@H]6CO)O[C@@H]5CNC(=S)Nc1ccccc1)O[C@@H]4CO)O[C@@H]3CO. The molecule has 36 nitrogen and oxygen atoms in total. The Labute approximate surface area is 492 Å². The monoisotopic (exact) mass is 1270 g/mol. The summed E-state index contributed by atoms with van der Waals surface area (Å²) in [5.41, 5.74) is 0.524. The third-order valence-electron chi connectivity index (χ3n) is 16.1. The molecule has 0 unspecified atom stereocenters. The maximum atomic E-state index is 11.8. The van der Waals surface area contributed by atoms with E-state index in [1.54, 1.807) is 30.3 Å². The Morgan fingerprint density at radius 1 is 0.291 bits per heavy atom. The molecule has 0 saturated carbocycles. The number of hydrogen-bond donors (Lipinski definition) is 22. The Morgan fingerprint density at radius 3 is 0.698 bits per heavy atom. The van der Waals surface area contributed by atoms with Crippen molar-refractivity contribution >= 4 is 23.0 Å². The third kappa shape index (κ3) is 14.0. The van der Waals surface area contributed by atoms with Crippen molar-refractivity contribution in [3.05, 3.63) is 30.3 Å². The molecule has 1 aromatic carbocycles. The van der Waals surface area contributed by atoms with E-state index in [1.165, 1.54) is 0 Å². The summed E-state index contributed by atoms with van der Waals surface area (Å²) in [5.74, 6) is 0. The number of ether oxygens (including phenoxy) is 14. The Kier molecular flexibility index (Phi) is 23.3. The van der Waals surface area contributed by atoms with Crippen molar-refractivity contribution in [2.24, 2.45) is 0 Å². The first-order valence-electron chi connectivity index (χ1n) is 27.5. The first-order chi connectivity index (χ1) is 41.1. The zero-order valence-corrected chi connectivity index (χ0v) is 45.9. The van der Waals surface area contributed by atoms with Gasteiger partial charge in [-0.2, -0.15) is 0 Å². The van der Waals surface area contributed by atoms with Crippen molar-refractivity contribution in [2.75, 3.05) is 51.5 Å². The number of thiocarbonyl (C=S) groups is 1. The summed E-state index contributed by atoms with van der Waals surface area (Å²) in [4.78, 5) is 0. The first-order valence-corrected chi connectivity index (χ1v) is 27.9. The van der Waals surface area contributed by atoms with E-state index < -0.39 is 261 Å². The topological polar surface area (TPSA) is 558 Å². The van der Waals surface area contributed by atoms with E-state index in [-0.39, 0.29) is 5.11 Å². The summed E-state index contributed by atoms with van der Waals surface area (Å²) < 4.78 is 81.3. The van der Waals surface area contributed by atoms with Crippen molar-refractivity contribution < 1.29 is 168 Å². The molecule has 22 rings (SSSR count). The van der Waals surface area contributed by atoms with Crippen LogP contribution in [0.4, 0.5) is 5.69 Å². The second-order valence-corrected chi connectivity index (χ2v) is 22.1. The highest BCUT2D eigenvalue weighted by atomic mass is 32.1. The Balaban J connectivity index is 1.01. The van der Waals surface area contributed by atoms with Crippen molar-refractivity contribution in [1.29, 1.82) is 0 Å². The lowest BCUT2D eigenvalue weighted by Gasteiger charge is -2.50. The number of aliphatic hydroxyl groups is 20. The average molecular weight is 1270 g/mol. The van der Waals surface area contributed by atoms with Gasteiger partial charge in [-0.25, -0.2) is 0 Å². The van der Waals surface area contributed by atoms with Crippen LogP contribution in [0.15, 0.2) is 30.3 Å². The van der Waals surface area contributed by atoms with Crippen molar-refractivity contribution in [3.63, 3.8) is 0 Å². The smallest absolute Gasteiger partial charge is 0.187 e. The predicted octanol–water partition coefficient (Wildman–Crippen LogP) is -13.2. The third-order valence-corrected chi connectivity index (χ3v) is 16.3. The van der Waals surface area contributed by atoms with Crippen molar-refractivity contribution in [3.8, 4) is 0 Å². The Hall–Kier alpha value is -2.45. The highest BCUT2D eigenvalue weighted by molar-refractivity contribution is 7.80. The van der Waals surface area contributed by atoms with E-state index >= 15 is 0 Å². The minimum absolute atomic E-state index is 0.0359. The normalized spacial score (nSPS) is 50.6. The zero-order chi connectivity index (χ0) is 62.2. The molecule has 0 amide bonds. The zero-order valence-electron chi connectivity index (χ0n) is 45.1. The molecular weight excluding hydrogens is 1190 g/mol. The number of anilines is 1. The van der Waals surface area contributed by atoms with Crippen LogP contribution < -0.4 is 10.6 Å². The second-order valence-electron chi connectivity index (χ2n) is 21.7. The summed E-state index contributed by atoms with van der Waals surface area (Å²) in [6.45, 7) is -6.74. The number of para-hydroxylation sites is 1. The summed E-state index contributed by atoms with van der Waals surface area (Å²) >= 11 is 5.47. The number of aliphatic hydroxyl groups excluding tert-OH is 20. The van der Waals surface area contributed by atoms with Gasteiger partial charge in [-0.15, -0.1) is 0 Å². The molecule has 0 aromatic heterocycles. The summed E-state index contributed by atoms with van der Waals surface area (Å²) in [7, 11) is 0. The predicted molar refractivity (Wildman–Crippen MR) is 272 cm³/mol. The molecule has 35 atom stereocenters. The van der Waals surface area contributed by atoms with Gasteiger partial charge in [-0.1, -0.05) is 18.2 Å². The molecule has 492 valence electrons. The number of nitrogens with one attached hydrogen (secondary N) is 2. The molecule has 0 aliphatic carbocycles. The average Bonchev–Trinajstić information content (AvgIpc) is 1.12. The lowest BCUT2D eigenvalue weighted by atomic mass is 9.95. The van der Waals surface area contributed by atoms with Gasteiger partial charge in [0.2, 0.25) is 0 Å². The van der Waals surface area contributed by atoms with Gasteiger partial charge >= 0.3 is 0 Å². The number of benzene rings is 1.